The Balaban J connectivity index is 0.00000264. The average molecular weight is 450 g/mol. The quantitative estimate of drug-likeness (QED) is 0.397. The van der Waals surface area contributed by atoms with Crippen LogP contribution in [0, 0.1) is 5.92 Å². The van der Waals surface area contributed by atoms with Gasteiger partial charge in [0.05, 0.1) is 6.54 Å². The van der Waals surface area contributed by atoms with Gasteiger partial charge < -0.3 is 15.5 Å². The second-order valence-electron chi connectivity index (χ2n) is 6.10. The SMILES string of the molecule is CCc1ccc(CNC(=NC)NCCN2CCC(C)CC2)s1.I. The lowest BCUT2D eigenvalue weighted by atomic mass is 9.99. The number of thiophene rings is 1. The van der Waals surface area contributed by atoms with Gasteiger partial charge in [0.1, 0.15) is 0 Å². The smallest absolute Gasteiger partial charge is 0.191 e. The zero-order valence-electron chi connectivity index (χ0n) is 14.6. The molecule has 0 atom stereocenters. The third-order valence-electron chi connectivity index (χ3n) is 4.32. The number of halogens is 1. The molecule has 0 spiro atoms. The summed E-state index contributed by atoms with van der Waals surface area (Å²) in [6, 6.07) is 4.42. The first-order chi connectivity index (χ1) is 10.7. The van der Waals surface area contributed by atoms with E-state index in [1.165, 1.54) is 35.7 Å². The maximum atomic E-state index is 4.31. The van der Waals surface area contributed by atoms with Gasteiger partial charge in [-0.05, 0) is 50.4 Å². The normalized spacial score (nSPS) is 16.9. The van der Waals surface area contributed by atoms with Crippen LogP contribution in [0.2, 0.25) is 0 Å². The summed E-state index contributed by atoms with van der Waals surface area (Å²) in [5.41, 5.74) is 0. The van der Waals surface area contributed by atoms with Crippen LogP contribution in [0.5, 0.6) is 0 Å². The largest absolute Gasteiger partial charge is 0.355 e. The molecule has 1 aromatic rings. The van der Waals surface area contributed by atoms with Crippen LogP contribution < -0.4 is 10.6 Å². The van der Waals surface area contributed by atoms with E-state index < -0.39 is 0 Å². The number of rotatable bonds is 6. The molecule has 23 heavy (non-hydrogen) atoms. The Morgan fingerprint density at radius 3 is 2.57 bits per heavy atom. The van der Waals surface area contributed by atoms with E-state index in [4.69, 9.17) is 0 Å². The molecule has 1 aliphatic heterocycles. The summed E-state index contributed by atoms with van der Waals surface area (Å²) in [6.45, 7) is 9.95. The fourth-order valence-electron chi connectivity index (χ4n) is 2.72. The van der Waals surface area contributed by atoms with Crippen molar-refractivity contribution in [3.8, 4) is 0 Å². The van der Waals surface area contributed by atoms with Gasteiger partial charge in [-0.25, -0.2) is 0 Å². The van der Waals surface area contributed by atoms with Crippen LogP contribution >= 0.6 is 35.3 Å². The molecule has 4 nitrogen and oxygen atoms in total. The van der Waals surface area contributed by atoms with Crippen molar-refractivity contribution in [1.29, 1.82) is 0 Å². The Morgan fingerprint density at radius 1 is 1.26 bits per heavy atom. The van der Waals surface area contributed by atoms with Crippen molar-refractivity contribution in [2.75, 3.05) is 33.2 Å². The first kappa shape index (κ1) is 20.7. The van der Waals surface area contributed by atoms with Crippen molar-refractivity contribution in [2.45, 2.75) is 39.7 Å². The molecule has 1 fully saturated rings. The molecule has 0 unspecified atom stereocenters. The summed E-state index contributed by atoms with van der Waals surface area (Å²) in [5, 5.41) is 6.82. The molecule has 0 bridgehead atoms. The minimum absolute atomic E-state index is 0. The number of aliphatic imine (C=N–C) groups is 1. The Labute approximate surface area is 162 Å². The highest BCUT2D eigenvalue weighted by molar-refractivity contribution is 14.0. The average Bonchev–Trinajstić information content (AvgIpc) is 3.00. The van der Waals surface area contributed by atoms with Crippen molar-refractivity contribution >= 4 is 41.3 Å². The fraction of sp³-hybridized carbons (Fsp3) is 0.706. The summed E-state index contributed by atoms with van der Waals surface area (Å²) < 4.78 is 0. The van der Waals surface area contributed by atoms with Gasteiger partial charge in [0, 0.05) is 29.9 Å². The maximum absolute atomic E-state index is 4.31. The fourth-order valence-corrected chi connectivity index (χ4v) is 3.61. The van der Waals surface area contributed by atoms with E-state index in [1.54, 1.807) is 0 Å². The molecule has 1 aliphatic rings. The monoisotopic (exact) mass is 450 g/mol. The van der Waals surface area contributed by atoms with Crippen LogP contribution in [-0.2, 0) is 13.0 Å². The standard InChI is InChI=1S/C17H30N4S.HI/c1-4-15-5-6-16(22-15)13-20-17(18-3)19-9-12-21-10-7-14(2)8-11-21;/h5-6,14H,4,7-13H2,1-3H3,(H2,18,19,20);1H. The molecule has 2 rings (SSSR count). The molecular formula is C17H31IN4S. The number of hydrogen-bond donors (Lipinski definition) is 2. The number of piperidine rings is 1. The van der Waals surface area contributed by atoms with Crippen molar-refractivity contribution in [3.05, 3.63) is 21.9 Å². The van der Waals surface area contributed by atoms with E-state index in [0.29, 0.717) is 0 Å². The second kappa shape index (κ2) is 11.3. The van der Waals surface area contributed by atoms with Gasteiger partial charge in [-0.15, -0.1) is 35.3 Å². The summed E-state index contributed by atoms with van der Waals surface area (Å²) in [5.74, 6) is 1.80. The Hall–Kier alpha value is -0.340. The van der Waals surface area contributed by atoms with Gasteiger partial charge in [-0.2, -0.15) is 0 Å². The lowest BCUT2D eigenvalue weighted by molar-refractivity contribution is 0.195. The Bertz CT molecular complexity index is 467. The van der Waals surface area contributed by atoms with E-state index >= 15 is 0 Å². The number of nitrogens with one attached hydrogen (secondary N) is 2. The molecule has 2 heterocycles. The molecule has 1 aromatic heterocycles. The molecular weight excluding hydrogens is 419 g/mol. The highest BCUT2D eigenvalue weighted by Gasteiger charge is 2.14. The van der Waals surface area contributed by atoms with E-state index in [1.807, 2.05) is 18.4 Å². The third-order valence-corrected chi connectivity index (χ3v) is 5.55. The van der Waals surface area contributed by atoms with Gasteiger partial charge >= 0.3 is 0 Å². The minimum atomic E-state index is 0. The van der Waals surface area contributed by atoms with Gasteiger partial charge in [0.25, 0.3) is 0 Å². The van der Waals surface area contributed by atoms with E-state index in [-0.39, 0.29) is 24.0 Å². The molecule has 132 valence electrons. The first-order valence-corrected chi connectivity index (χ1v) is 9.27. The van der Waals surface area contributed by atoms with Gasteiger partial charge in [0.15, 0.2) is 5.96 Å². The summed E-state index contributed by atoms with van der Waals surface area (Å²) >= 11 is 1.88. The Kier molecular flexibility index (Phi) is 10.1. The lowest BCUT2D eigenvalue weighted by Gasteiger charge is -2.30. The summed E-state index contributed by atoms with van der Waals surface area (Å²) in [7, 11) is 1.84. The molecule has 2 N–H and O–H groups in total. The van der Waals surface area contributed by atoms with Crippen LogP contribution in [0.15, 0.2) is 17.1 Å². The van der Waals surface area contributed by atoms with Crippen LogP contribution in [0.1, 0.15) is 36.4 Å². The van der Waals surface area contributed by atoms with Gasteiger partial charge in [-0.3, -0.25) is 4.99 Å². The second-order valence-corrected chi connectivity index (χ2v) is 7.35. The molecule has 1 saturated heterocycles. The topological polar surface area (TPSA) is 39.7 Å². The van der Waals surface area contributed by atoms with E-state index in [9.17, 15) is 0 Å². The predicted octanol–water partition coefficient (Wildman–Crippen LogP) is 3.33. The number of guanidine groups is 1. The first-order valence-electron chi connectivity index (χ1n) is 8.45. The number of nitrogens with zero attached hydrogens (tertiary/aromatic N) is 2. The van der Waals surface area contributed by atoms with Gasteiger partial charge in [-0.1, -0.05) is 13.8 Å². The molecule has 0 aliphatic carbocycles. The van der Waals surface area contributed by atoms with Crippen LogP contribution in [-0.4, -0.2) is 44.1 Å². The minimum Gasteiger partial charge on any atom is -0.355 e. The number of likely N-dealkylation sites (tertiary alicyclic amines) is 1. The predicted molar refractivity (Wildman–Crippen MR) is 112 cm³/mol. The van der Waals surface area contributed by atoms with Crippen LogP contribution in [0.25, 0.3) is 0 Å². The number of hydrogen-bond acceptors (Lipinski definition) is 3. The van der Waals surface area contributed by atoms with E-state index in [2.05, 4.69) is 46.5 Å². The third kappa shape index (κ3) is 7.39. The molecule has 0 saturated carbocycles. The molecule has 0 radical (unpaired) electrons. The molecule has 0 aromatic carbocycles. The van der Waals surface area contributed by atoms with E-state index in [0.717, 1.165) is 37.9 Å². The van der Waals surface area contributed by atoms with Crippen molar-refractivity contribution in [3.63, 3.8) is 0 Å². The lowest BCUT2D eigenvalue weighted by Crippen LogP contribution is -2.43. The van der Waals surface area contributed by atoms with Gasteiger partial charge in [0.2, 0.25) is 0 Å². The Morgan fingerprint density at radius 2 is 1.96 bits per heavy atom. The maximum Gasteiger partial charge on any atom is 0.191 e. The summed E-state index contributed by atoms with van der Waals surface area (Å²) in [4.78, 5) is 9.66. The highest BCUT2D eigenvalue weighted by Crippen LogP contribution is 2.16. The summed E-state index contributed by atoms with van der Waals surface area (Å²) in [6.07, 6.45) is 3.79. The number of aryl methyl sites for hydroxylation is 1. The van der Waals surface area contributed by atoms with Crippen molar-refractivity contribution < 1.29 is 0 Å². The van der Waals surface area contributed by atoms with Crippen molar-refractivity contribution in [2.24, 2.45) is 10.9 Å². The van der Waals surface area contributed by atoms with Crippen LogP contribution in [0.3, 0.4) is 0 Å². The van der Waals surface area contributed by atoms with Crippen molar-refractivity contribution in [1.82, 2.24) is 15.5 Å². The molecule has 6 heteroatoms. The zero-order valence-corrected chi connectivity index (χ0v) is 17.7. The highest BCUT2D eigenvalue weighted by atomic mass is 127. The zero-order chi connectivity index (χ0) is 15.8. The van der Waals surface area contributed by atoms with Crippen LogP contribution in [0.4, 0.5) is 0 Å². The molecule has 0 amide bonds.